The van der Waals surface area contributed by atoms with Crippen LogP contribution in [-0.4, -0.2) is 50.5 Å². The van der Waals surface area contributed by atoms with Gasteiger partial charge in [-0.15, -0.1) is 0 Å². The Morgan fingerprint density at radius 3 is 2.45 bits per heavy atom. The Morgan fingerprint density at radius 2 is 1.66 bits per heavy atom. The third-order valence-electron chi connectivity index (χ3n) is 6.16. The summed E-state index contributed by atoms with van der Waals surface area (Å²) in [5.41, 5.74) is 5.26. The van der Waals surface area contributed by atoms with Gasteiger partial charge < -0.3 is 5.11 Å². The molecule has 3 heterocycles. The Morgan fingerprint density at radius 1 is 0.931 bits per heavy atom. The van der Waals surface area contributed by atoms with Crippen molar-refractivity contribution in [3.8, 4) is 5.75 Å². The molecule has 6 nitrogen and oxygen atoms in total. The van der Waals surface area contributed by atoms with E-state index in [0.29, 0.717) is 17.9 Å². The summed E-state index contributed by atoms with van der Waals surface area (Å²) in [6.07, 6.45) is 5.17. The summed E-state index contributed by atoms with van der Waals surface area (Å²) in [7, 11) is 0. The van der Waals surface area contributed by atoms with E-state index in [9.17, 15) is 9.90 Å². The molecule has 1 saturated heterocycles. The van der Waals surface area contributed by atoms with Gasteiger partial charge in [0, 0.05) is 57.1 Å². The van der Waals surface area contributed by atoms with E-state index in [1.807, 2.05) is 24.3 Å². The second kappa shape index (κ2) is 7.61. The molecule has 0 saturated carbocycles. The number of nitrogens with zero attached hydrogens (tertiary/aromatic N) is 4. The van der Waals surface area contributed by atoms with Crippen LogP contribution in [0.3, 0.4) is 0 Å². The van der Waals surface area contributed by atoms with Gasteiger partial charge in [0.1, 0.15) is 11.4 Å². The van der Waals surface area contributed by atoms with Crippen molar-refractivity contribution in [2.75, 3.05) is 26.2 Å². The van der Waals surface area contributed by atoms with Gasteiger partial charge in [0.05, 0.1) is 5.69 Å². The quantitative estimate of drug-likeness (QED) is 0.740. The lowest BCUT2D eigenvalue weighted by Crippen LogP contribution is -2.45. The number of phenolic OH excluding ortho intramolecular Hbond substituents is 1. The zero-order valence-electron chi connectivity index (χ0n) is 16.5. The molecule has 2 aromatic heterocycles. The Balaban J connectivity index is 1.22. The highest BCUT2D eigenvalue weighted by atomic mass is 16.3. The number of hydrogen-bond donors (Lipinski definition) is 1. The first kappa shape index (κ1) is 18.3. The molecule has 0 amide bonds. The fourth-order valence-corrected chi connectivity index (χ4v) is 4.55. The van der Waals surface area contributed by atoms with Gasteiger partial charge in [-0.05, 0) is 48.6 Å². The van der Waals surface area contributed by atoms with Crippen LogP contribution in [0.25, 0.3) is 5.65 Å². The Hall–Kier alpha value is -2.70. The maximum atomic E-state index is 12.3. The molecule has 2 aliphatic rings. The first-order valence-corrected chi connectivity index (χ1v) is 10.4. The lowest BCUT2D eigenvalue weighted by Gasteiger charge is -2.34. The van der Waals surface area contributed by atoms with Crippen molar-refractivity contribution >= 4 is 5.65 Å². The van der Waals surface area contributed by atoms with Gasteiger partial charge >= 0.3 is 0 Å². The molecule has 1 aromatic carbocycles. The van der Waals surface area contributed by atoms with Crippen LogP contribution < -0.4 is 5.56 Å². The van der Waals surface area contributed by atoms with E-state index in [0.717, 1.165) is 56.8 Å². The van der Waals surface area contributed by atoms with Crippen LogP contribution in [0.2, 0.25) is 0 Å². The molecule has 1 aliphatic heterocycles. The highest BCUT2D eigenvalue weighted by Gasteiger charge is 2.20. The molecular weight excluding hydrogens is 364 g/mol. The molecule has 3 aromatic rings. The van der Waals surface area contributed by atoms with Crippen molar-refractivity contribution in [3.63, 3.8) is 0 Å². The molecule has 0 bridgehead atoms. The summed E-state index contributed by atoms with van der Waals surface area (Å²) in [5.74, 6) is 0.439. The van der Waals surface area contributed by atoms with Gasteiger partial charge in [0.2, 0.25) is 0 Å². The monoisotopic (exact) mass is 390 g/mol. The molecule has 0 atom stereocenters. The molecule has 6 heteroatoms. The van der Waals surface area contributed by atoms with E-state index < -0.39 is 0 Å². The molecule has 1 fully saturated rings. The predicted octanol–water partition coefficient (Wildman–Crippen LogP) is 2.21. The van der Waals surface area contributed by atoms with Crippen molar-refractivity contribution in [3.05, 3.63) is 75.3 Å². The van der Waals surface area contributed by atoms with Gasteiger partial charge in [-0.1, -0.05) is 12.1 Å². The number of phenols is 1. The van der Waals surface area contributed by atoms with Crippen LogP contribution in [0, 0.1) is 0 Å². The van der Waals surface area contributed by atoms with Crippen LogP contribution in [0.1, 0.15) is 28.8 Å². The van der Waals surface area contributed by atoms with Gasteiger partial charge in [0.25, 0.3) is 5.56 Å². The predicted molar refractivity (Wildman–Crippen MR) is 112 cm³/mol. The van der Waals surface area contributed by atoms with Crippen molar-refractivity contribution in [2.45, 2.75) is 32.4 Å². The van der Waals surface area contributed by atoms with Gasteiger partial charge in [-0.2, -0.15) is 0 Å². The summed E-state index contributed by atoms with van der Waals surface area (Å²) in [6, 6.07) is 11.4. The Labute approximate surface area is 170 Å². The Bertz CT molecular complexity index is 1100. The van der Waals surface area contributed by atoms with Crippen LogP contribution in [0.15, 0.2) is 47.4 Å². The first-order valence-electron chi connectivity index (χ1n) is 10.4. The maximum absolute atomic E-state index is 12.3. The largest absolute Gasteiger partial charge is 0.508 e. The van der Waals surface area contributed by atoms with Crippen molar-refractivity contribution in [2.24, 2.45) is 0 Å². The summed E-state index contributed by atoms with van der Waals surface area (Å²) >= 11 is 0. The molecule has 29 heavy (non-hydrogen) atoms. The number of piperazine rings is 1. The Kier molecular flexibility index (Phi) is 4.81. The van der Waals surface area contributed by atoms with E-state index in [4.69, 9.17) is 0 Å². The SMILES string of the molecule is O=c1cc(CN2CCN(Cc3cc4c(cc3O)CCC4)CC2)nc2ccccn12. The van der Waals surface area contributed by atoms with Crippen molar-refractivity contribution in [1.82, 2.24) is 19.2 Å². The minimum atomic E-state index is -0.0312. The summed E-state index contributed by atoms with van der Waals surface area (Å²) < 4.78 is 1.57. The third kappa shape index (κ3) is 3.78. The highest BCUT2D eigenvalue weighted by Crippen LogP contribution is 2.30. The second-order valence-corrected chi connectivity index (χ2v) is 8.17. The zero-order chi connectivity index (χ0) is 19.8. The van der Waals surface area contributed by atoms with E-state index in [-0.39, 0.29) is 5.56 Å². The van der Waals surface area contributed by atoms with Crippen LogP contribution >= 0.6 is 0 Å². The molecule has 0 radical (unpaired) electrons. The zero-order valence-corrected chi connectivity index (χ0v) is 16.5. The van der Waals surface area contributed by atoms with Gasteiger partial charge in [0.15, 0.2) is 0 Å². The normalized spacial score (nSPS) is 17.7. The second-order valence-electron chi connectivity index (χ2n) is 8.17. The van der Waals surface area contributed by atoms with Gasteiger partial charge in [-0.3, -0.25) is 19.0 Å². The lowest BCUT2D eigenvalue weighted by molar-refractivity contribution is 0.120. The number of aryl methyl sites for hydroxylation is 2. The number of benzene rings is 1. The molecule has 0 unspecified atom stereocenters. The molecule has 150 valence electrons. The minimum Gasteiger partial charge on any atom is -0.508 e. The average Bonchev–Trinajstić information content (AvgIpc) is 3.17. The number of pyridine rings is 1. The summed E-state index contributed by atoms with van der Waals surface area (Å²) in [5, 5.41) is 10.4. The number of aromatic hydroxyl groups is 1. The smallest absolute Gasteiger partial charge is 0.258 e. The number of fused-ring (bicyclic) bond motifs is 2. The highest BCUT2D eigenvalue weighted by molar-refractivity contribution is 5.44. The lowest BCUT2D eigenvalue weighted by atomic mass is 10.0. The molecule has 1 aliphatic carbocycles. The third-order valence-corrected chi connectivity index (χ3v) is 6.16. The van der Waals surface area contributed by atoms with E-state index >= 15 is 0 Å². The van der Waals surface area contributed by atoms with Crippen molar-refractivity contribution in [1.29, 1.82) is 0 Å². The summed E-state index contributed by atoms with van der Waals surface area (Å²) in [4.78, 5) is 21.7. The van der Waals surface area contributed by atoms with Crippen LogP contribution in [-0.2, 0) is 25.9 Å². The standard InChI is InChI=1S/C23H26N4O2/c28-21-13-18-5-3-4-17(18)12-19(21)15-25-8-10-26(11-9-25)16-20-14-23(29)27-7-2-1-6-22(27)24-20/h1-2,6-7,12-14,28H,3-5,8-11,15-16H2. The van der Waals surface area contributed by atoms with E-state index in [1.165, 1.54) is 17.5 Å². The van der Waals surface area contributed by atoms with Crippen molar-refractivity contribution < 1.29 is 5.11 Å². The number of hydrogen-bond acceptors (Lipinski definition) is 5. The molecular formula is C23H26N4O2. The minimum absolute atomic E-state index is 0.0312. The van der Waals surface area contributed by atoms with Gasteiger partial charge in [-0.25, -0.2) is 4.98 Å². The van der Waals surface area contributed by atoms with Crippen LogP contribution in [0.4, 0.5) is 0 Å². The fourth-order valence-electron chi connectivity index (χ4n) is 4.55. The van der Waals surface area contributed by atoms with E-state index in [2.05, 4.69) is 20.9 Å². The summed E-state index contributed by atoms with van der Waals surface area (Å²) in [6.45, 7) is 5.25. The topological polar surface area (TPSA) is 61.1 Å². The number of aromatic nitrogens is 2. The molecule has 1 N–H and O–H groups in total. The molecule has 0 spiro atoms. The van der Waals surface area contributed by atoms with E-state index in [1.54, 1.807) is 16.7 Å². The fraction of sp³-hybridized carbons (Fsp3) is 0.391. The molecule has 5 rings (SSSR count). The first-order chi connectivity index (χ1) is 14.2. The van der Waals surface area contributed by atoms with Crippen LogP contribution in [0.5, 0.6) is 5.75 Å². The average molecular weight is 390 g/mol. The number of rotatable bonds is 4. The maximum Gasteiger partial charge on any atom is 0.258 e.